The zero-order valence-corrected chi connectivity index (χ0v) is 18.4. The van der Waals surface area contributed by atoms with E-state index in [0.717, 1.165) is 57.8 Å². The number of rotatable bonds is 19. The molecule has 0 radical (unpaired) electrons. The molecule has 29 heavy (non-hydrogen) atoms. The van der Waals surface area contributed by atoms with Gasteiger partial charge in [0.05, 0.1) is 18.8 Å². The van der Waals surface area contributed by atoms with Crippen LogP contribution in [0.2, 0.25) is 0 Å². The summed E-state index contributed by atoms with van der Waals surface area (Å²) in [7, 11) is 0. The van der Waals surface area contributed by atoms with Gasteiger partial charge in [-0.2, -0.15) is 0 Å². The molecule has 0 heterocycles. The van der Waals surface area contributed by atoms with Gasteiger partial charge in [-0.05, 0) is 37.7 Å². The molecule has 166 valence electrons. The lowest BCUT2D eigenvalue weighted by Crippen LogP contribution is -2.17. The van der Waals surface area contributed by atoms with E-state index in [1.54, 1.807) is 0 Å². The van der Waals surface area contributed by atoms with Gasteiger partial charge in [0.25, 0.3) is 0 Å². The molecule has 0 saturated heterocycles. The van der Waals surface area contributed by atoms with Crippen LogP contribution in [0.1, 0.15) is 102 Å². The molecular formula is C25H42O4. The number of carbonyl (C=O) groups is 1. The van der Waals surface area contributed by atoms with Crippen molar-refractivity contribution in [2.45, 2.75) is 116 Å². The first-order valence-electron chi connectivity index (χ1n) is 11.7. The van der Waals surface area contributed by atoms with Gasteiger partial charge in [-0.15, -0.1) is 0 Å². The summed E-state index contributed by atoms with van der Waals surface area (Å²) in [5.74, 6) is -0.710. The lowest BCUT2D eigenvalue weighted by atomic mass is 10.00. The van der Waals surface area contributed by atoms with Crippen molar-refractivity contribution in [1.82, 2.24) is 0 Å². The van der Waals surface area contributed by atoms with Gasteiger partial charge in [0.15, 0.2) is 0 Å². The van der Waals surface area contributed by atoms with Gasteiger partial charge < -0.3 is 14.9 Å². The van der Waals surface area contributed by atoms with Crippen LogP contribution >= 0.6 is 0 Å². The van der Waals surface area contributed by atoms with Crippen molar-refractivity contribution in [3.8, 4) is 0 Å². The number of carboxylic acids is 1. The van der Waals surface area contributed by atoms with Crippen molar-refractivity contribution in [3.05, 3.63) is 35.9 Å². The fraction of sp³-hybridized carbons (Fsp3) is 0.720. The van der Waals surface area contributed by atoms with Crippen LogP contribution in [-0.4, -0.2) is 28.4 Å². The summed E-state index contributed by atoms with van der Waals surface area (Å²) in [6.07, 6.45) is 13.7. The Hall–Kier alpha value is -1.39. The zero-order chi connectivity index (χ0) is 21.2. The van der Waals surface area contributed by atoms with Crippen LogP contribution < -0.4 is 0 Å². The first-order chi connectivity index (χ1) is 14.1. The lowest BCUT2D eigenvalue weighted by molar-refractivity contribution is -0.137. The molecule has 0 aliphatic heterocycles. The Morgan fingerprint density at radius 3 is 2.21 bits per heavy atom. The van der Waals surface area contributed by atoms with E-state index in [1.165, 1.54) is 31.2 Å². The molecule has 0 spiro atoms. The van der Waals surface area contributed by atoms with Crippen LogP contribution in [0.15, 0.2) is 30.3 Å². The summed E-state index contributed by atoms with van der Waals surface area (Å²) in [6, 6.07) is 10.2. The number of benzene rings is 1. The van der Waals surface area contributed by atoms with E-state index in [1.807, 2.05) is 18.2 Å². The minimum absolute atomic E-state index is 0.157. The maximum atomic E-state index is 10.6. The maximum Gasteiger partial charge on any atom is 0.303 e. The third kappa shape index (κ3) is 15.2. The van der Waals surface area contributed by atoms with Crippen molar-refractivity contribution in [2.75, 3.05) is 0 Å². The molecule has 2 N–H and O–H groups in total. The number of unbranched alkanes of at least 4 members (excludes halogenated alkanes) is 7. The fourth-order valence-corrected chi connectivity index (χ4v) is 3.61. The Bertz CT molecular complexity index is 503. The molecule has 0 amide bonds. The maximum absolute atomic E-state index is 10.6. The van der Waals surface area contributed by atoms with Crippen molar-refractivity contribution in [2.24, 2.45) is 0 Å². The van der Waals surface area contributed by atoms with Gasteiger partial charge in [-0.3, -0.25) is 4.79 Å². The normalized spacial score (nSPS) is 13.3. The number of hydrogen-bond donors (Lipinski definition) is 2. The molecule has 4 nitrogen and oxygen atoms in total. The van der Waals surface area contributed by atoms with Gasteiger partial charge in [0.1, 0.15) is 0 Å². The number of hydrogen-bond acceptors (Lipinski definition) is 3. The Morgan fingerprint density at radius 1 is 0.862 bits per heavy atom. The highest BCUT2D eigenvalue weighted by atomic mass is 16.5. The van der Waals surface area contributed by atoms with Gasteiger partial charge in [0, 0.05) is 6.42 Å². The number of aliphatic carboxylic acids is 1. The molecule has 4 heteroatoms. The largest absolute Gasteiger partial charge is 0.481 e. The topological polar surface area (TPSA) is 66.8 Å². The van der Waals surface area contributed by atoms with Crippen LogP contribution in [-0.2, 0) is 16.1 Å². The number of carboxylic acid groups (broad SMARTS) is 1. The van der Waals surface area contributed by atoms with Crippen LogP contribution in [0.5, 0.6) is 0 Å². The van der Waals surface area contributed by atoms with Gasteiger partial charge in [-0.25, -0.2) is 0 Å². The number of aliphatic hydroxyl groups is 1. The highest BCUT2D eigenvalue weighted by molar-refractivity contribution is 5.66. The number of ether oxygens (including phenoxy) is 1. The van der Waals surface area contributed by atoms with Crippen molar-refractivity contribution < 1.29 is 19.7 Å². The molecular weight excluding hydrogens is 364 g/mol. The smallest absolute Gasteiger partial charge is 0.303 e. The molecule has 0 aliphatic carbocycles. The molecule has 0 aliphatic rings. The van der Waals surface area contributed by atoms with Crippen molar-refractivity contribution in [1.29, 1.82) is 0 Å². The van der Waals surface area contributed by atoms with E-state index in [-0.39, 0.29) is 18.6 Å². The summed E-state index contributed by atoms with van der Waals surface area (Å²) in [6.45, 7) is 2.83. The van der Waals surface area contributed by atoms with Gasteiger partial charge in [-0.1, -0.05) is 88.6 Å². The molecule has 2 unspecified atom stereocenters. The molecule has 0 saturated carbocycles. The Labute approximate surface area is 177 Å². The average Bonchev–Trinajstić information content (AvgIpc) is 2.72. The summed E-state index contributed by atoms with van der Waals surface area (Å²) in [5.41, 5.74) is 1.18. The monoisotopic (exact) mass is 406 g/mol. The van der Waals surface area contributed by atoms with Crippen LogP contribution in [0.4, 0.5) is 0 Å². The Kier molecular flexibility index (Phi) is 15.4. The molecule has 2 atom stereocenters. The van der Waals surface area contributed by atoms with E-state index in [2.05, 4.69) is 19.1 Å². The van der Waals surface area contributed by atoms with Crippen LogP contribution in [0, 0.1) is 0 Å². The molecule has 0 aromatic heterocycles. The molecule has 1 rings (SSSR count). The van der Waals surface area contributed by atoms with Crippen LogP contribution in [0.3, 0.4) is 0 Å². The molecule has 1 aromatic rings. The van der Waals surface area contributed by atoms with Gasteiger partial charge >= 0.3 is 5.97 Å². The zero-order valence-electron chi connectivity index (χ0n) is 18.4. The van der Waals surface area contributed by atoms with Crippen molar-refractivity contribution >= 4 is 5.97 Å². The van der Waals surface area contributed by atoms with Gasteiger partial charge in [0.2, 0.25) is 0 Å². The second-order valence-electron chi connectivity index (χ2n) is 8.20. The van der Waals surface area contributed by atoms with E-state index in [0.29, 0.717) is 6.61 Å². The van der Waals surface area contributed by atoms with E-state index in [4.69, 9.17) is 9.84 Å². The first kappa shape index (κ1) is 25.6. The SMILES string of the molecule is CCCCCCCC(O)CCC(CCCCCCC(=O)O)OCc1ccccc1. The fourth-order valence-electron chi connectivity index (χ4n) is 3.61. The predicted octanol–water partition coefficient (Wildman–Crippen LogP) is 6.50. The molecule has 0 bridgehead atoms. The minimum atomic E-state index is -0.710. The highest BCUT2D eigenvalue weighted by Crippen LogP contribution is 2.18. The van der Waals surface area contributed by atoms with Crippen LogP contribution in [0.25, 0.3) is 0 Å². The van der Waals surface area contributed by atoms with E-state index >= 15 is 0 Å². The second kappa shape index (κ2) is 17.5. The first-order valence-corrected chi connectivity index (χ1v) is 11.7. The summed E-state index contributed by atoms with van der Waals surface area (Å²) in [4.78, 5) is 10.6. The highest BCUT2D eigenvalue weighted by Gasteiger charge is 2.13. The van der Waals surface area contributed by atoms with E-state index < -0.39 is 5.97 Å². The van der Waals surface area contributed by atoms with E-state index in [9.17, 15) is 9.90 Å². The lowest BCUT2D eigenvalue weighted by Gasteiger charge is -2.20. The number of aliphatic hydroxyl groups excluding tert-OH is 1. The quantitative estimate of drug-likeness (QED) is 0.257. The standard InChI is InChI=1S/C25H42O4/c1-2-3-4-5-11-16-23(26)19-20-24(17-12-6-7-13-18-25(27)28)29-21-22-14-9-8-10-15-22/h8-10,14-15,23-24,26H,2-7,11-13,16-21H2,1H3,(H,27,28). The van der Waals surface area contributed by atoms with Crippen molar-refractivity contribution in [3.63, 3.8) is 0 Å². The summed E-state index contributed by atoms with van der Waals surface area (Å²) >= 11 is 0. The predicted molar refractivity (Wildman–Crippen MR) is 119 cm³/mol. The molecule has 1 aromatic carbocycles. The Morgan fingerprint density at radius 2 is 1.52 bits per heavy atom. The Balaban J connectivity index is 2.30. The third-order valence-electron chi connectivity index (χ3n) is 5.46. The summed E-state index contributed by atoms with van der Waals surface area (Å²) in [5, 5.41) is 19.0. The second-order valence-corrected chi connectivity index (χ2v) is 8.20. The molecule has 0 fully saturated rings. The minimum Gasteiger partial charge on any atom is -0.481 e. The third-order valence-corrected chi connectivity index (χ3v) is 5.46. The average molecular weight is 407 g/mol. The summed E-state index contributed by atoms with van der Waals surface area (Å²) < 4.78 is 6.18.